The Morgan fingerprint density at radius 3 is 2.76 bits per heavy atom. The summed E-state index contributed by atoms with van der Waals surface area (Å²) in [5.74, 6) is 0.0978. The quantitative estimate of drug-likeness (QED) is 0.841. The van der Waals surface area contributed by atoms with Gasteiger partial charge in [-0.25, -0.2) is 13.1 Å². The van der Waals surface area contributed by atoms with Crippen molar-refractivity contribution in [1.82, 2.24) is 4.72 Å². The molecule has 2 aromatic rings. The Bertz CT molecular complexity index is 714. The second kappa shape index (κ2) is 6.76. The van der Waals surface area contributed by atoms with Crippen molar-refractivity contribution in [1.29, 1.82) is 0 Å². The molecule has 0 aliphatic rings. The van der Waals surface area contributed by atoms with Crippen molar-refractivity contribution in [2.75, 3.05) is 7.11 Å². The fourth-order valence-electron chi connectivity index (χ4n) is 1.83. The molecule has 0 saturated carbocycles. The lowest BCUT2D eigenvalue weighted by Crippen LogP contribution is -2.23. The summed E-state index contributed by atoms with van der Waals surface area (Å²) in [4.78, 5) is 0.806. The molecule has 0 fully saturated rings. The van der Waals surface area contributed by atoms with E-state index in [0.717, 1.165) is 4.88 Å². The van der Waals surface area contributed by atoms with E-state index in [1.54, 1.807) is 0 Å². The Morgan fingerprint density at radius 2 is 2.19 bits per heavy atom. The zero-order chi connectivity index (χ0) is 15.5. The average Bonchev–Trinajstić information content (AvgIpc) is 2.97. The maximum atomic E-state index is 12.4. The van der Waals surface area contributed by atoms with E-state index in [-0.39, 0.29) is 28.8 Å². The van der Waals surface area contributed by atoms with Gasteiger partial charge in [-0.1, -0.05) is 17.7 Å². The van der Waals surface area contributed by atoms with Crippen molar-refractivity contribution in [2.24, 2.45) is 0 Å². The number of aliphatic hydroxyl groups excluding tert-OH is 1. The van der Waals surface area contributed by atoms with Gasteiger partial charge in [0.2, 0.25) is 10.0 Å². The third-order valence-electron chi connectivity index (χ3n) is 2.78. The van der Waals surface area contributed by atoms with Gasteiger partial charge in [0, 0.05) is 22.0 Å². The van der Waals surface area contributed by atoms with Gasteiger partial charge in [0.15, 0.2) is 0 Å². The van der Waals surface area contributed by atoms with Crippen LogP contribution in [-0.4, -0.2) is 20.6 Å². The van der Waals surface area contributed by atoms with E-state index >= 15 is 0 Å². The zero-order valence-corrected chi connectivity index (χ0v) is 13.6. The number of nitrogens with one attached hydrogen (secondary N) is 1. The van der Waals surface area contributed by atoms with Crippen molar-refractivity contribution >= 4 is 33.0 Å². The van der Waals surface area contributed by atoms with Crippen molar-refractivity contribution in [3.63, 3.8) is 0 Å². The Morgan fingerprint density at radius 1 is 1.43 bits per heavy atom. The Hall–Kier alpha value is -1.12. The molecule has 0 aliphatic carbocycles. The number of thiophene rings is 1. The minimum absolute atomic E-state index is 0.0851. The Kier molecular flexibility index (Phi) is 5.23. The van der Waals surface area contributed by atoms with Crippen LogP contribution in [0.4, 0.5) is 0 Å². The molecule has 1 heterocycles. The molecular formula is C13H14ClNO4S2. The predicted octanol–water partition coefficient (Wildman–Crippen LogP) is 2.38. The van der Waals surface area contributed by atoms with Crippen molar-refractivity contribution in [2.45, 2.75) is 18.0 Å². The molecule has 0 bridgehead atoms. The summed E-state index contributed by atoms with van der Waals surface area (Å²) in [6.07, 6.45) is 0. The van der Waals surface area contributed by atoms with E-state index in [1.165, 1.54) is 30.6 Å². The topological polar surface area (TPSA) is 75.6 Å². The number of benzene rings is 1. The highest BCUT2D eigenvalue weighted by atomic mass is 35.5. The van der Waals surface area contributed by atoms with Crippen LogP contribution in [0.25, 0.3) is 0 Å². The van der Waals surface area contributed by atoms with Gasteiger partial charge in [-0.2, -0.15) is 0 Å². The van der Waals surface area contributed by atoms with Crippen LogP contribution in [0.15, 0.2) is 34.5 Å². The second-order valence-electron chi connectivity index (χ2n) is 4.16. The molecule has 0 radical (unpaired) electrons. The molecule has 1 aromatic carbocycles. The molecule has 2 rings (SSSR count). The Labute approximate surface area is 132 Å². The standard InChI is InChI=1S/C13H14ClNO4S2/c1-19-13-9(8-16)5-10(14)6-12(13)21(17,18)15-7-11-3-2-4-20-11/h2-6,15-16H,7-8H2,1H3. The van der Waals surface area contributed by atoms with Crippen molar-refractivity contribution < 1.29 is 18.3 Å². The number of halogens is 1. The predicted molar refractivity (Wildman–Crippen MR) is 82.3 cm³/mol. The van der Waals surface area contributed by atoms with Crippen LogP contribution in [0, 0.1) is 0 Å². The number of hydrogen-bond acceptors (Lipinski definition) is 5. The van der Waals surface area contributed by atoms with Gasteiger partial charge >= 0.3 is 0 Å². The number of methoxy groups -OCH3 is 1. The third kappa shape index (κ3) is 3.75. The third-order valence-corrected chi connectivity index (χ3v) is 5.28. The van der Waals surface area contributed by atoms with Gasteiger partial charge in [0.05, 0.1) is 13.7 Å². The van der Waals surface area contributed by atoms with Gasteiger partial charge in [-0.15, -0.1) is 11.3 Å². The number of sulfonamides is 1. The fraction of sp³-hybridized carbons (Fsp3) is 0.231. The number of aliphatic hydroxyl groups is 1. The molecule has 0 unspecified atom stereocenters. The van der Waals surface area contributed by atoms with E-state index in [0.29, 0.717) is 5.56 Å². The lowest BCUT2D eigenvalue weighted by molar-refractivity contribution is 0.272. The highest BCUT2D eigenvalue weighted by molar-refractivity contribution is 7.89. The molecule has 21 heavy (non-hydrogen) atoms. The van der Waals surface area contributed by atoms with Crippen LogP contribution in [0.1, 0.15) is 10.4 Å². The Balaban J connectivity index is 2.36. The van der Waals surface area contributed by atoms with E-state index in [9.17, 15) is 13.5 Å². The van der Waals surface area contributed by atoms with Crippen LogP contribution in [0.2, 0.25) is 5.02 Å². The first-order valence-corrected chi connectivity index (χ1v) is 8.71. The normalized spacial score (nSPS) is 11.6. The van der Waals surface area contributed by atoms with E-state index < -0.39 is 10.0 Å². The molecule has 0 amide bonds. The van der Waals surface area contributed by atoms with Gasteiger partial charge in [-0.05, 0) is 23.6 Å². The van der Waals surface area contributed by atoms with Crippen LogP contribution in [0.5, 0.6) is 5.75 Å². The summed E-state index contributed by atoms with van der Waals surface area (Å²) in [6.45, 7) is -0.179. The summed E-state index contributed by atoms with van der Waals surface area (Å²) >= 11 is 7.36. The first-order chi connectivity index (χ1) is 9.97. The largest absolute Gasteiger partial charge is 0.495 e. The number of ether oxygens (including phenoxy) is 1. The summed E-state index contributed by atoms with van der Waals surface area (Å²) < 4.78 is 32.4. The maximum Gasteiger partial charge on any atom is 0.244 e. The van der Waals surface area contributed by atoms with E-state index in [2.05, 4.69) is 4.72 Å². The summed E-state index contributed by atoms with van der Waals surface area (Å²) in [5.41, 5.74) is 0.321. The molecule has 0 spiro atoms. The van der Waals surface area contributed by atoms with Crippen molar-refractivity contribution in [3.05, 3.63) is 45.1 Å². The van der Waals surface area contributed by atoms with E-state index in [1.807, 2.05) is 17.5 Å². The fourth-order valence-corrected chi connectivity index (χ4v) is 4.11. The maximum absolute atomic E-state index is 12.4. The lowest BCUT2D eigenvalue weighted by Gasteiger charge is -2.14. The molecule has 8 heteroatoms. The van der Waals surface area contributed by atoms with Crippen LogP contribution in [-0.2, 0) is 23.2 Å². The number of hydrogen-bond donors (Lipinski definition) is 2. The van der Waals surface area contributed by atoms with Crippen LogP contribution >= 0.6 is 22.9 Å². The molecule has 114 valence electrons. The first-order valence-electron chi connectivity index (χ1n) is 5.97. The van der Waals surface area contributed by atoms with Gasteiger partial charge in [-0.3, -0.25) is 0 Å². The highest BCUT2D eigenvalue weighted by Gasteiger charge is 2.22. The minimum atomic E-state index is -3.80. The molecular weight excluding hydrogens is 334 g/mol. The second-order valence-corrected chi connectivity index (χ2v) is 7.36. The smallest absolute Gasteiger partial charge is 0.244 e. The molecule has 1 aromatic heterocycles. The molecule has 2 N–H and O–H groups in total. The molecule has 0 atom stereocenters. The van der Waals surface area contributed by atoms with Crippen LogP contribution in [0.3, 0.4) is 0 Å². The van der Waals surface area contributed by atoms with Gasteiger partial charge in [0.1, 0.15) is 10.6 Å². The first kappa shape index (κ1) is 16.3. The molecule has 5 nitrogen and oxygen atoms in total. The molecule has 0 saturated heterocycles. The lowest BCUT2D eigenvalue weighted by atomic mass is 10.2. The summed E-state index contributed by atoms with van der Waals surface area (Å²) in [5, 5.41) is 11.4. The average molecular weight is 348 g/mol. The van der Waals surface area contributed by atoms with Gasteiger partial charge < -0.3 is 9.84 Å². The monoisotopic (exact) mass is 347 g/mol. The summed E-state index contributed by atoms with van der Waals surface area (Å²) in [6, 6.07) is 6.45. The van der Waals surface area contributed by atoms with E-state index in [4.69, 9.17) is 16.3 Å². The minimum Gasteiger partial charge on any atom is -0.495 e. The van der Waals surface area contributed by atoms with Gasteiger partial charge in [0.25, 0.3) is 0 Å². The SMILES string of the molecule is COc1c(CO)cc(Cl)cc1S(=O)(=O)NCc1cccs1. The highest BCUT2D eigenvalue weighted by Crippen LogP contribution is 2.31. The summed E-state index contributed by atoms with van der Waals surface area (Å²) in [7, 11) is -2.45. The molecule has 0 aliphatic heterocycles. The zero-order valence-electron chi connectivity index (χ0n) is 11.2. The van der Waals surface area contributed by atoms with Crippen molar-refractivity contribution in [3.8, 4) is 5.75 Å². The number of rotatable bonds is 6. The van der Waals surface area contributed by atoms with Crippen LogP contribution < -0.4 is 9.46 Å².